The molecular weight excluding hydrogens is 500 g/mol. The van der Waals surface area contributed by atoms with Crippen molar-refractivity contribution in [1.29, 1.82) is 0 Å². The van der Waals surface area contributed by atoms with Crippen LogP contribution in [0.1, 0.15) is 13.8 Å². The van der Waals surface area contributed by atoms with E-state index < -0.39 is 0 Å². The summed E-state index contributed by atoms with van der Waals surface area (Å²) in [6.45, 7) is 8.40. The van der Waals surface area contributed by atoms with Gasteiger partial charge in [-0.15, -0.1) is 5.10 Å². The number of halogens is 1. The van der Waals surface area contributed by atoms with Crippen molar-refractivity contribution in [2.45, 2.75) is 19.9 Å². The maximum absolute atomic E-state index is 6.75. The Morgan fingerprint density at radius 3 is 2.45 bits per heavy atom. The first-order chi connectivity index (χ1) is 18.4. The molecule has 0 atom stereocenters. The van der Waals surface area contributed by atoms with Gasteiger partial charge < -0.3 is 10.2 Å². The molecule has 0 amide bonds. The number of hydrogen-bond acceptors (Lipinski definition) is 8. The second kappa shape index (κ2) is 10.0. The summed E-state index contributed by atoms with van der Waals surface area (Å²) >= 11 is 6.75. The normalized spacial score (nSPS) is 14.5. The fourth-order valence-corrected chi connectivity index (χ4v) is 5.02. The molecular formula is C27H29ClN10. The zero-order chi connectivity index (χ0) is 26.2. The van der Waals surface area contributed by atoms with Gasteiger partial charge in [-0.2, -0.15) is 10.1 Å². The summed E-state index contributed by atoms with van der Waals surface area (Å²) in [6, 6.07) is 12.4. The lowest BCUT2D eigenvalue weighted by molar-refractivity contribution is 0.208. The molecule has 6 rings (SSSR count). The highest BCUT2D eigenvalue weighted by atomic mass is 35.5. The second-order valence-corrected chi connectivity index (χ2v) is 10.1. The van der Waals surface area contributed by atoms with Crippen LogP contribution in [0.4, 0.5) is 17.6 Å². The molecule has 1 fully saturated rings. The summed E-state index contributed by atoms with van der Waals surface area (Å²) in [4.78, 5) is 18.4. The zero-order valence-corrected chi connectivity index (χ0v) is 22.3. The third-order valence-corrected chi connectivity index (χ3v) is 7.28. The fraction of sp³-hybridized carbons (Fsp3) is 0.296. The van der Waals surface area contributed by atoms with E-state index in [0.29, 0.717) is 22.5 Å². The minimum atomic E-state index is 0.471. The van der Waals surface area contributed by atoms with Crippen LogP contribution in [0.2, 0.25) is 5.02 Å². The molecule has 0 spiro atoms. The Morgan fingerprint density at radius 1 is 0.947 bits per heavy atom. The van der Waals surface area contributed by atoms with E-state index in [2.05, 4.69) is 44.0 Å². The molecule has 0 radical (unpaired) electrons. The van der Waals surface area contributed by atoms with Gasteiger partial charge in [0.25, 0.3) is 0 Å². The summed E-state index contributed by atoms with van der Waals surface area (Å²) in [7, 11) is 1.88. The Labute approximate surface area is 225 Å². The number of fused-ring (bicyclic) bond motifs is 1. The highest BCUT2D eigenvalue weighted by Gasteiger charge is 2.21. The van der Waals surface area contributed by atoms with E-state index >= 15 is 0 Å². The van der Waals surface area contributed by atoms with E-state index in [0.717, 1.165) is 60.0 Å². The van der Waals surface area contributed by atoms with Crippen molar-refractivity contribution in [2.24, 2.45) is 7.05 Å². The highest BCUT2D eigenvalue weighted by Crippen LogP contribution is 2.33. The van der Waals surface area contributed by atoms with Gasteiger partial charge in [-0.05, 0) is 38.1 Å². The molecule has 1 aliphatic heterocycles. The molecule has 11 heteroatoms. The Hall–Kier alpha value is -4.02. The summed E-state index contributed by atoms with van der Waals surface area (Å²) in [5, 5.41) is 13.7. The van der Waals surface area contributed by atoms with Crippen LogP contribution in [0.5, 0.6) is 0 Å². The van der Waals surface area contributed by atoms with Crippen molar-refractivity contribution in [1.82, 2.24) is 39.4 Å². The monoisotopic (exact) mass is 528 g/mol. The quantitative estimate of drug-likeness (QED) is 0.343. The minimum Gasteiger partial charge on any atom is -0.337 e. The molecule has 10 nitrogen and oxygen atoms in total. The maximum atomic E-state index is 6.75. The molecule has 4 heterocycles. The lowest BCUT2D eigenvalue weighted by Crippen LogP contribution is -2.49. The molecule has 0 unspecified atom stereocenters. The van der Waals surface area contributed by atoms with Gasteiger partial charge in [-0.25, -0.2) is 14.6 Å². The molecule has 0 saturated carbocycles. The topological polar surface area (TPSA) is 92.8 Å². The maximum Gasteiger partial charge on any atom is 0.245 e. The number of benzene rings is 2. The molecule has 2 aromatic carbocycles. The van der Waals surface area contributed by atoms with Crippen LogP contribution in [0.3, 0.4) is 0 Å². The number of hydrogen-bond donors (Lipinski definition) is 1. The van der Waals surface area contributed by atoms with Crippen molar-refractivity contribution < 1.29 is 0 Å². The predicted molar refractivity (Wildman–Crippen MR) is 150 cm³/mol. The van der Waals surface area contributed by atoms with Crippen LogP contribution in [-0.4, -0.2) is 71.6 Å². The number of rotatable bonds is 6. The van der Waals surface area contributed by atoms with Gasteiger partial charge >= 0.3 is 0 Å². The largest absolute Gasteiger partial charge is 0.337 e. The molecule has 1 saturated heterocycles. The molecule has 1 N–H and O–H groups in total. The number of piperazine rings is 1. The Bertz CT molecular complexity index is 1560. The standard InChI is InChI=1S/C27H29ClN10/c1-18(2)36-10-12-37(13-11-36)27-30-17-38(34-27)22-7-5-21(6-8-22)32-26-29-14-19-4-9-23(24(28)25(19)33-26)20-15-31-35(3)16-20/h4-9,14-18H,10-13H2,1-3H3,(H,29,32,33). The summed E-state index contributed by atoms with van der Waals surface area (Å²) in [5.74, 6) is 1.24. The van der Waals surface area contributed by atoms with Gasteiger partial charge in [0.15, 0.2) is 0 Å². The average molecular weight is 529 g/mol. The van der Waals surface area contributed by atoms with Gasteiger partial charge in [-0.1, -0.05) is 23.7 Å². The third-order valence-electron chi connectivity index (χ3n) is 6.90. The van der Waals surface area contributed by atoms with Crippen LogP contribution in [0.15, 0.2) is 61.3 Å². The molecule has 5 aromatic rings. The van der Waals surface area contributed by atoms with Crippen molar-refractivity contribution in [3.63, 3.8) is 0 Å². The summed E-state index contributed by atoms with van der Waals surface area (Å²) < 4.78 is 3.56. The predicted octanol–water partition coefficient (Wildman–Crippen LogP) is 4.54. The summed E-state index contributed by atoms with van der Waals surface area (Å²) in [6.07, 6.45) is 7.26. The number of nitrogens with zero attached hydrogens (tertiary/aromatic N) is 9. The smallest absolute Gasteiger partial charge is 0.245 e. The highest BCUT2D eigenvalue weighted by molar-refractivity contribution is 6.37. The number of aromatic nitrogens is 7. The number of anilines is 3. The van der Waals surface area contributed by atoms with Crippen LogP contribution in [0, 0.1) is 0 Å². The lowest BCUT2D eigenvalue weighted by Gasteiger charge is -2.36. The number of aryl methyl sites for hydroxylation is 1. The molecule has 0 aliphatic carbocycles. The van der Waals surface area contributed by atoms with Crippen molar-refractivity contribution in [2.75, 3.05) is 36.4 Å². The third kappa shape index (κ3) is 4.80. The first-order valence-electron chi connectivity index (χ1n) is 12.7. The molecule has 0 bridgehead atoms. The zero-order valence-electron chi connectivity index (χ0n) is 21.6. The first-order valence-corrected chi connectivity index (χ1v) is 13.0. The van der Waals surface area contributed by atoms with Gasteiger partial charge in [-0.3, -0.25) is 9.58 Å². The van der Waals surface area contributed by atoms with Crippen LogP contribution >= 0.6 is 11.6 Å². The van der Waals surface area contributed by atoms with Crippen LogP contribution in [-0.2, 0) is 7.05 Å². The first kappa shape index (κ1) is 24.3. The van der Waals surface area contributed by atoms with Gasteiger partial charge in [0.2, 0.25) is 11.9 Å². The van der Waals surface area contributed by atoms with Crippen molar-refractivity contribution >= 4 is 40.1 Å². The molecule has 3 aromatic heterocycles. The van der Waals surface area contributed by atoms with E-state index in [1.54, 1.807) is 28.1 Å². The molecule has 194 valence electrons. The van der Waals surface area contributed by atoms with Crippen LogP contribution in [0.25, 0.3) is 27.7 Å². The average Bonchev–Trinajstić information content (AvgIpc) is 3.59. The van der Waals surface area contributed by atoms with Gasteiger partial charge in [0.05, 0.1) is 22.4 Å². The van der Waals surface area contributed by atoms with Gasteiger partial charge in [0, 0.05) is 73.9 Å². The van der Waals surface area contributed by atoms with E-state index in [4.69, 9.17) is 21.7 Å². The summed E-state index contributed by atoms with van der Waals surface area (Å²) in [5.41, 5.74) is 4.30. The number of nitrogens with one attached hydrogen (secondary N) is 1. The van der Waals surface area contributed by atoms with E-state index in [9.17, 15) is 0 Å². The Balaban J connectivity index is 1.17. The Kier molecular flexibility index (Phi) is 6.42. The lowest BCUT2D eigenvalue weighted by atomic mass is 10.1. The van der Waals surface area contributed by atoms with E-state index in [1.807, 2.05) is 49.6 Å². The van der Waals surface area contributed by atoms with Crippen LogP contribution < -0.4 is 10.2 Å². The second-order valence-electron chi connectivity index (χ2n) is 9.74. The van der Waals surface area contributed by atoms with Gasteiger partial charge in [0.1, 0.15) is 6.33 Å². The van der Waals surface area contributed by atoms with Crippen molar-refractivity contribution in [3.8, 4) is 16.8 Å². The SMILES string of the molecule is CC(C)N1CCN(c2ncn(-c3ccc(Nc4ncc5ccc(-c6cnn(C)c6)c(Cl)c5n4)cc3)n2)CC1. The Morgan fingerprint density at radius 2 is 1.74 bits per heavy atom. The molecule has 38 heavy (non-hydrogen) atoms. The van der Waals surface area contributed by atoms with E-state index in [-0.39, 0.29) is 0 Å². The fourth-order valence-electron chi connectivity index (χ4n) is 4.69. The van der Waals surface area contributed by atoms with Crippen molar-refractivity contribution in [3.05, 3.63) is 66.3 Å². The molecule has 1 aliphatic rings. The minimum absolute atomic E-state index is 0.471. The van der Waals surface area contributed by atoms with E-state index in [1.165, 1.54) is 0 Å².